The molecule has 0 radical (unpaired) electrons. The first-order valence-electron chi connectivity index (χ1n) is 7.95. The van der Waals surface area contributed by atoms with Crippen LogP contribution in [0.5, 0.6) is 0 Å². The number of nitrogens with one attached hydrogen (secondary N) is 1. The SMILES string of the molecule is COC(=O)c1ccc(C(=O)O[C@H](C)C(=O)Nc2ccc(S(N)(=O)=O)cc2)cc1. The maximum atomic E-state index is 12.2. The number of ether oxygens (including phenoxy) is 2. The van der Waals surface area contributed by atoms with Gasteiger partial charge in [-0.2, -0.15) is 0 Å². The van der Waals surface area contributed by atoms with Crippen molar-refractivity contribution in [1.82, 2.24) is 0 Å². The normalized spacial score (nSPS) is 12.0. The standard InChI is InChI=1S/C18H18N2O7S/c1-11(16(21)20-14-7-9-15(10-8-14)28(19,24)25)27-18(23)13-5-3-12(4-6-13)17(22)26-2/h3-11H,1-2H3,(H,20,21)(H2,19,24,25)/t11-/m1/s1. The van der Waals surface area contributed by atoms with E-state index in [0.717, 1.165) is 0 Å². The summed E-state index contributed by atoms with van der Waals surface area (Å²) in [7, 11) is -2.59. The highest BCUT2D eigenvalue weighted by Gasteiger charge is 2.20. The molecule has 148 valence electrons. The first-order chi connectivity index (χ1) is 13.1. The van der Waals surface area contributed by atoms with E-state index < -0.39 is 34.0 Å². The Morgan fingerprint density at radius 2 is 1.43 bits per heavy atom. The summed E-state index contributed by atoms with van der Waals surface area (Å²) in [6.45, 7) is 1.38. The molecule has 2 aromatic rings. The quantitative estimate of drug-likeness (QED) is 0.689. The highest BCUT2D eigenvalue weighted by atomic mass is 32.2. The maximum Gasteiger partial charge on any atom is 0.338 e. The Kier molecular flexibility index (Phi) is 6.49. The Labute approximate surface area is 161 Å². The number of primary sulfonamides is 1. The number of carbonyl (C=O) groups excluding carboxylic acids is 3. The van der Waals surface area contributed by atoms with Crippen molar-refractivity contribution < 1.29 is 32.3 Å². The van der Waals surface area contributed by atoms with E-state index in [0.29, 0.717) is 5.69 Å². The second-order valence-electron chi connectivity index (χ2n) is 5.68. The van der Waals surface area contributed by atoms with Crippen molar-refractivity contribution in [2.45, 2.75) is 17.9 Å². The van der Waals surface area contributed by atoms with E-state index in [2.05, 4.69) is 10.1 Å². The van der Waals surface area contributed by atoms with Crippen LogP contribution in [0.1, 0.15) is 27.6 Å². The Bertz CT molecular complexity index is 984. The van der Waals surface area contributed by atoms with Gasteiger partial charge in [-0.25, -0.2) is 23.1 Å². The molecule has 0 aromatic heterocycles. The molecule has 1 atom stereocenters. The van der Waals surface area contributed by atoms with E-state index >= 15 is 0 Å². The van der Waals surface area contributed by atoms with Gasteiger partial charge in [-0.3, -0.25) is 4.79 Å². The monoisotopic (exact) mass is 406 g/mol. The number of nitrogens with two attached hydrogens (primary N) is 1. The van der Waals surface area contributed by atoms with Crippen LogP contribution in [0.2, 0.25) is 0 Å². The van der Waals surface area contributed by atoms with Crippen LogP contribution in [0.15, 0.2) is 53.4 Å². The van der Waals surface area contributed by atoms with Crippen LogP contribution in [0.3, 0.4) is 0 Å². The average Bonchev–Trinajstić information content (AvgIpc) is 2.67. The van der Waals surface area contributed by atoms with Gasteiger partial charge in [0.25, 0.3) is 5.91 Å². The lowest BCUT2D eigenvalue weighted by atomic mass is 10.1. The van der Waals surface area contributed by atoms with Crippen molar-refractivity contribution in [2.24, 2.45) is 5.14 Å². The minimum absolute atomic E-state index is 0.0969. The summed E-state index contributed by atoms with van der Waals surface area (Å²) in [5, 5.41) is 7.50. The molecule has 0 aliphatic rings. The number of rotatable bonds is 6. The van der Waals surface area contributed by atoms with Gasteiger partial charge >= 0.3 is 11.9 Å². The van der Waals surface area contributed by atoms with Gasteiger partial charge in [0.2, 0.25) is 10.0 Å². The number of anilines is 1. The van der Waals surface area contributed by atoms with Crippen LogP contribution in [0, 0.1) is 0 Å². The average molecular weight is 406 g/mol. The first kappa shape index (κ1) is 21.1. The highest BCUT2D eigenvalue weighted by molar-refractivity contribution is 7.89. The molecule has 1 amide bonds. The molecule has 2 rings (SSSR count). The molecule has 0 saturated carbocycles. The summed E-state index contributed by atoms with van der Waals surface area (Å²) in [6.07, 6.45) is -1.12. The van der Waals surface area contributed by atoms with Gasteiger partial charge in [0, 0.05) is 5.69 Å². The Morgan fingerprint density at radius 1 is 0.929 bits per heavy atom. The van der Waals surface area contributed by atoms with E-state index in [9.17, 15) is 22.8 Å². The van der Waals surface area contributed by atoms with Crippen LogP contribution >= 0.6 is 0 Å². The summed E-state index contributed by atoms with van der Waals surface area (Å²) in [4.78, 5) is 35.6. The molecule has 0 unspecified atom stereocenters. The summed E-state index contributed by atoms with van der Waals surface area (Å²) >= 11 is 0. The number of hydrogen-bond donors (Lipinski definition) is 2. The minimum atomic E-state index is -3.83. The van der Waals surface area contributed by atoms with Crippen LogP contribution in [-0.2, 0) is 24.3 Å². The molecule has 0 bridgehead atoms. The van der Waals surface area contributed by atoms with E-state index in [1.54, 1.807) is 0 Å². The fraction of sp³-hybridized carbons (Fsp3) is 0.167. The maximum absolute atomic E-state index is 12.2. The lowest BCUT2D eigenvalue weighted by Crippen LogP contribution is -2.30. The molecule has 2 aromatic carbocycles. The van der Waals surface area contributed by atoms with Gasteiger partial charge in [0.15, 0.2) is 6.10 Å². The van der Waals surface area contributed by atoms with Crippen molar-refractivity contribution in [2.75, 3.05) is 12.4 Å². The third-order valence-electron chi connectivity index (χ3n) is 3.65. The largest absolute Gasteiger partial charge is 0.465 e. The van der Waals surface area contributed by atoms with Crippen molar-refractivity contribution in [3.8, 4) is 0 Å². The van der Waals surface area contributed by atoms with Crippen LogP contribution in [-0.4, -0.2) is 39.5 Å². The zero-order chi connectivity index (χ0) is 20.9. The summed E-state index contributed by atoms with van der Waals surface area (Å²) in [5.41, 5.74) is 0.736. The van der Waals surface area contributed by atoms with E-state index in [1.807, 2.05) is 0 Å². The topological polar surface area (TPSA) is 142 Å². The number of methoxy groups -OCH3 is 1. The second kappa shape index (κ2) is 8.63. The van der Waals surface area contributed by atoms with E-state index in [4.69, 9.17) is 9.88 Å². The summed E-state index contributed by atoms with van der Waals surface area (Å²) in [6, 6.07) is 10.8. The predicted molar refractivity (Wildman–Crippen MR) is 99.1 cm³/mol. The fourth-order valence-corrected chi connectivity index (χ4v) is 2.63. The molecular weight excluding hydrogens is 388 g/mol. The van der Waals surface area contributed by atoms with Gasteiger partial charge in [0.05, 0.1) is 23.1 Å². The van der Waals surface area contributed by atoms with Crippen molar-refractivity contribution >= 4 is 33.6 Å². The number of benzene rings is 2. The number of amides is 1. The second-order valence-corrected chi connectivity index (χ2v) is 7.24. The molecule has 10 heteroatoms. The molecule has 3 N–H and O–H groups in total. The Hall–Kier alpha value is -3.24. The lowest BCUT2D eigenvalue weighted by Gasteiger charge is -2.14. The summed E-state index contributed by atoms with van der Waals surface area (Å²) in [5.74, 6) is -1.90. The van der Waals surface area contributed by atoms with E-state index in [-0.39, 0.29) is 16.0 Å². The molecule has 9 nitrogen and oxygen atoms in total. The number of carbonyl (C=O) groups is 3. The van der Waals surface area contributed by atoms with Crippen molar-refractivity contribution in [3.63, 3.8) is 0 Å². The Balaban J connectivity index is 1.97. The Morgan fingerprint density at radius 3 is 1.89 bits per heavy atom. The van der Waals surface area contributed by atoms with Crippen LogP contribution in [0.25, 0.3) is 0 Å². The van der Waals surface area contributed by atoms with Gasteiger partial charge in [-0.15, -0.1) is 0 Å². The first-order valence-corrected chi connectivity index (χ1v) is 9.49. The van der Waals surface area contributed by atoms with Crippen molar-refractivity contribution in [3.05, 3.63) is 59.7 Å². The van der Waals surface area contributed by atoms with E-state index in [1.165, 1.54) is 62.6 Å². The van der Waals surface area contributed by atoms with Crippen LogP contribution < -0.4 is 10.5 Å². The molecule has 0 spiro atoms. The fourth-order valence-electron chi connectivity index (χ4n) is 2.11. The smallest absolute Gasteiger partial charge is 0.338 e. The van der Waals surface area contributed by atoms with Gasteiger partial charge < -0.3 is 14.8 Å². The number of sulfonamides is 1. The summed E-state index contributed by atoms with van der Waals surface area (Å²) < 4.78 is 32.1. The van der Waals surface area contributed by atoms with Gasteiger partial charge in [-0.1, -0.05) is 0 Å². The number of esters is 2. The third kappa shape index (κ3) is 5.38. The molecular formula is C18H18N2O7S. The molecule has 0 aliphatic heterocycles. The molecule has 0 fully saturated rings. The predicted octanol–water partition coefficient (Wildman–Crippen LogP) is 1.30. The van der Waals surface area contributed by atoms with Gasteiger partial charge in [-0.05, 0) is 55.5 Å². The third-order valence-corrected chi connectivity index (χ3v) is 4.57. The number of hydrogen-bond acceptors (Lipinski definition) is 7. The molecule has 0 aliphatic carbocycles. The molecule has 28 heavy (non-hydrogen) atoms. The molecule has 0 heterocycles. The zero-order valence-corrected chi connectivity index (χ0v) is 15.9. The minimum Gasteiger partial charge on any atom is -0.465 e. The molecule has 0 saturated heterocycles. The van der Waals surface area contributed by atoms with Crippen molar-refractivity contribution in [1.29, 1.82) is 0 Å². The van der Waals surface area contributed by atoms with Crippen LogP contribution in [0.4, 0.5) is 5.69 Å². The highest BCUT2D eigenvalue weighted by Crippen LogP contribution is 2.14. The lowest BCUT2D eigenvalue weighted by molar-refractivity contribution is -0.123. The van der Waals surface area contributed by atoms with Gasteiger partial charge in [0.1, 0.15) is 0 Å². The zero-order valence-electron chi connectivity index (χ0n) is 15.0.